The molecule has 0 bridgehead atoms. The number of aryl methyl sites for hydroxylation is 1. The van der Waals surface area contributed by atoms with E-state index in [1.54, 1.807) is 21.1 Å². The Bertz CT molecular complexity index is 1260. The van der Waals surface area contributed by atoms with Gasteiger partial charge in [-0.3, -0.25) is 4.79 Å². The molecule has 194 valence electrons. The molecule has 4 rings (SSSR count). The molecular formula is C21H24Cl2N6O5S2. The van der Waals surface area contributed by atoms with Crippen LogP contribution >= 0.6 is 45.9 Å². The van der Waals surface area contributed by atoms with E-state index in [0.29, 0.717) is 51.9 Å². The largest absolute Gasteiger partial charge is 0.514 e. The molecule has 1 fully saturated rings. The smallest absolute Gasteiger partial charge is 0.437 e. The predicted octanol–water partition coefficient (Wildman–Crippen LogP) is 4.42. The van der Waals surface area contributed by atoms with Crippen LogP contribution in [-0.2, 0) is 9.47 Å². The Morgan fingerprint density at radius 2 is 2.03 bits per heavy atom. The molecule has 0 aliphatic carbocycles. The average Bonchev–Trinajstić information content (AvgIpc) is 3.58. The van der Waals surface area contributed by atoms with E-state index in [9.17, 15) is 9.59 Å². The van der Waals surface area contributed by atoms with Crippen LogP contribution < -0.4 is 20.3 Å². The van der Waals surface area contributed by atoms with Gasteiger partial charge >= 0.3 is 6.16 Å². The van der Waals surface area contributed by atoms with Crippen LogP contribution in [0.15, 0.2) is 5.38 Å². The number of aromatic nitrogens is 3. The number of carbonyl (C=O) groups excluding carboxylic acids is 2. The van der Waals surface area contributed by atoms with Crippen LogP contribution in [-0.4, -0.2) is 73.5 Å². The fourth-order valence-corrected chi connectivity index (χ4v) is 5.77. The number of nitrogens with zero attached hydrogens (tertiary/aromatic N) is 3. The summed E-state index contributed by atoms with van der Waals surface area (Å²) in [4.78, 5) is 38.8. The van der Waals surface area contributed by atoms with Crippen molar-refractivity contribution in [2.45, 2.75) is 25.5 Å². The van der Waals surface area contributed by atoms with Crippen molar-refractivity contribution in [2.75, 3.05) is 44.6 Å². The lowest BCUT2D eigenvalue weighted by atomic mass is 10.0. The molecule has 0 unspecified atom stereocenters. The van der Waals surface area contributed by atoms with Crippen molar-refractivity contribution in [3.05, 3.63) is 26.8 Å². The van der Waals surface area contributed by atoms with Gasteiger partial charge in [0.2, 0.25) is 5.06 Å². The van der Waals surface area contributed by atoms with Crippen LogP contribution in [0.1, 0.15) is 22.6 Å². The van der Waals surface area contributed by atoms with Gasteiger partial charge in [-0.15, -0.1) is 11.3 Å². The standard InChI is InChI=1S/C21H24Cl2N6O5S2/c1-9-13(22)14(23)16(25-9)17(30)26-10-5-6-29(7-12(10)32-3)20-28-15(11-8-35-19(24-2)27-11)18(36-20)34-21(31)33-4/h8,10,12,25H,5-7H2,1-4H3,(H,24,27)(H,26,30)/t10-,12+/m1/s1. The summed E-state index contributed by atoms with van der Waals surface area (Å²) < 4.78 is 15.7. The zero-order chi connectivity index (χ0) is 26.0. The minimum Gasteiger partial charge on any atom is -0.437 e. The lowest BCUT2D eigenvalue weighted by Crippen LogP contribution is -2.55. The van der Waals surface area contributed by atoms with E-state index in [1.165, 1.54) is 29.8 Å². The highest BCUT2D eigenvalue weighted by Crippen LogP contribution is 2.41. The van der Waals surface area contributed by atoms with E-state index in [1.807, 2.05) is 10.3 Å². The molecule has 3 aromatic rings. The van der Waals surface area contributed by atoms with E-state index < -0.39 is 6.16 Å². The van der Waals surface area contributed by atoms with Gasteiger partial charge in [0.05, 0.1) is 29.3 Å². The minimum atomic E-state index is -0.843. The average molecular weight is 576 g/mol. The molecule has 3 aromatic heterocycles. The molecule has 2 atom stereocenters. The van der Waals surface area contributed by atoms with E-state index in [2.05, 4.69) is 25.3 Å². The number of H-pyrrole nitrogens is 1. The molecule has 1 aliphatic heterocycles. The molecule has 0 aromatic carbocycles. The van der Waals surface area contributed by atoms with Gasteiger partial charge in [-0.25, -0.2) is 14.8 Å². The Labute approximate surface area is 225 Å². The highest BCUT2D eigenvalue weighted by molar-refractivity contribution is 7.18. The summed E-state index contributed by atoms with van der Waals surface area (Å²) in [6, 6.07) is -0.265. The van der Waals surface area contributed by atoms with Crippen molar-refractivity contribution in [3.63, 3.8) is 0 Å². The molecule has 36 heavy (non-hydrogen) atoms. The molecule has 15 heteroatoms. The number of ether oxygens (including phenoxy) is 3. The quantitative estimate of drug-likeness (QED) is 0.351. The number of halogens is 2. The molecular weight excluding hydrogens is 551 g/mol. The highest BCUT2D eigenvalue weighted by atomic mass is 35.5. The minimum absolute atomic E-state index is 0.190. The summed E-state index contributed by atoms with van der Waals surface area (Å²) in [5.74, 6) is -0.357. The molecule has 11 nitrogen and oxygen atoms in total. The Morgan fingerprint density at radius 3 is 2.64 bits per heavy atom. The maximum atomic E-state index is 12.8. The fraction of sp³-hybridized carbons (Fsp3) is 0.429. The van der Waals surface area contributed by atoms with Crippen LogP contribution in [0.4, 0.5) is 15.1 Å². The molecule has 0 radical (unpaired) electrons. The summed E-state index contributed by atoms with van der Waals surface area (Å²) in [6.07, 6.45) is -0.594. The molecule has 0 saturated carbocycles. The van der Waals surface area contributed by atoms with Gasteiger partial charge in [0.1, 0.15) is 17.1 Å². The summed E-state index contributed by atoms with van der Waals surface area (Å²) in [6.45, 7) is 2.77. The maximum absolute atomic E-state index is 12.8. The van der Waals surface area contributed by atoms with Crippen molar-refractivity contribution < 1.29 is 23.8 Å². The van der Waals surface area contributed by atoms with Crippen molar-refractivity contribution in [1.29, 1.82) is 0 Å². The normalized spacial score (nSPS) is 17.7. The number of hydrogen-bond acceptors (Lipinski definition) is 11. The third-order valence-corrected chi connectivity index (χ3v) is 8.42. The fourth-order valence-electron chi connectivity index (χ4n) is 3.74. The number of carbonyl (C=O) groups is 2. The molecule has 1 amide bonds. The predicted molar refractivity (Wildman–Crippen MR) is 140 cm³/mol. The topological polar surface area (TPSA) is 131 Å². The van der Waals surface area contributed by atoms with Gasteiger partial charge in [0.15, 0.2) is 10.3 Å². The summed E-state index contributed by atoms with van der Waals surface area (Å²) in [7, 11) is 4.60. The summed E-state index contributed by atoms with van der Waals surface area (Å²) >= 11 is 14.9. The molecule has 4 heterocycles. The lowest BCUT2D eigenvalue weighted by Gasteiger charge is -2.37. The third-order valence-electron chi connectivity index (χ3n) is 5.62. The number of thiazole rings is 2. The molecule has 1 saturated heterocycles. The summed E-state index contributed by atoms with van der Waals surface area (Å²) in [5.41, 5.74) is 1.86. The SMILES string of the molecule is CNc1nc(-c2nc(N3CC[C@@H](NC(=O)c4[nH]c(C)c(Cl)c4Cl)[C@@H](OC)C3)sc2OC(=O)OC)cs1. The van der Waals surface area contributed by atoms with E-state index >= 15 is 0 Å². The van der Waals surface area contributed by atoms with Crippen LogP contribution in [0.2, 0.25) is 10.0 Å². The first-order valence-electron chi connectivity index (χ1n) is 10.8. The van der Waals surface area contributed by atoms with Crippen LogP contribution in [0.3, 0.4) is 0 Å². The first-order chi connectivity index (χ1) is 17.2. The van der Waals surface area contributed by atoms with Crippen molar-refractivity contribution >= 4 is 68.2 Å². The second-order valence-electron chi connectivity index (χ2n) is 7.82. The second kappa shape index (κ2) is 11.2. The van der Waals surface area contributed by atoms with Crippen molar-refractivity contribution in [3.8, 4) is 16.5 Å². The van der Waals surface area contributed by atoms with Gasteiger partial charge in [0.25, 0.3) is 5.91 Å². The second-order valence-corrected chi connectivity index (χ2v) is 10.4. The monoisotopic (exact) mass is 574 g/mol. The lowest BCUT2D eigenvalue weighted by molar-refractivity contribution is 0.0540. The summed E-state index contributed by atoms with van der Waals surface area (Å²) in [5, 5.41) is 9.93. The zero-order valence-corrected chi connectivity index (χ0v) is 23.0. The Hall–Kier alpha value is -2.58. The number of anilines is 2. The molecule has 3 N–H and O–H groups in total. The van der Waals surface area contributed by atoms with Gasteiger partial charge < -0.3 is 34.7 Å². The maximum Gasteiger partial charge on any atom is 0.514 e. The van der Waals surface area contributed by atoms with Gasteiger partial charge in [0, 0.05) is 38.3 Å². The van der Waals surface area contributed by atoms with Crippen LogP contribution in [0, 0.1) is 6.92 Å². The zero-order valence-electron chi connectivity index (χ0n) is 19.8. The molecule has 1 aliphatic rings. The van der Waals surface area contributed by atoms with E-state index in [-0.39, 0.29) is 33.8 Å². The third kappa shape index (κ3) is 5.39. The number of amides is 1. The number of piperidine rings is 1. The number of aromatic amines is 1. The van der Waals surface area contributed by atoms with Gasteiger partial charge in [-0.2, -0.15) is 0 Å². The highest BCUT2D eigenvalue weighted by Gasteiger charge is 2.34. The Morgan fingerprint density at radius 1 is 1.25 bits per heavy atom. The van der Waals surface area contributed by atoms with Crippen LogP contribution in [0.5, 0.6) is 5.06 Å². The van der Waals surface area contributed by atoms with Crippen LogP contribution in [0.25, 0.3) is 11.4 Å². The first-order valence-corrected chi connectivity index (χ1v) is 13.2. The van der Waals surface area contributed by atoms with Crippen molar-refractivity contribution in [2.24, 2.45) is 0 Å². The number of nitrogens with one attached hydrogen (secondary N) is 3. The number of hydrogen-bond donors (Lipinski definition) is 3. The molecule has 0 spiro atoms. The van der Waals surface area contributed by atoms with E-state index in [0.717, 1.165) is 0 Å². The number of methoxy groups -OCH3 is 2. The Balaban J connectivity index is 1.52. The van der Waals surface area contributed by atoms with E-state index in [4.69, 9.17) is 37.7 Å². The Kier molecular flexibility index (Phi) is 8.25. The van der Waals surface area contributed by atoms with Gasteiger partial charge in [-0.1, -0.05) is 34.5 Å². The van der Waals surface area contributed by atoms with Gasteiger partial charge in [-0.05, 0) is 13.3 Å². The first kappa shape index (κ1) is 26.5. The number of rotatable bonds is 7. The van der Waals surface area contributed by atoms with Crippen molar-refractivity contribution in [1.82, 2.24) is 20.3 Å².